The van der Waals surface area contributed by atoms with Crippen molar-refractivity contribution in [2.45, 2.75) is 0 Å². The number of hydrogen-bond donors (Lipinski definition) is 1. The molecule has 0 aliphatic carbocycles. The van der Waals surface area contributed by atoms with Crippen LogP contribution in [0, 0.1) is 0 Å². The van der Waals surface area contributed by atoms with Crippen LogP contribution in [0.1, 0.15) is 15.9 Å². The minimum absolute atomic E-state index is 0.119. The Morgan fingerprint density at radius 1 is 1.14 bits per heavy atom. The van der Waals surface area contributed by atoms with Gasteiger partial charge in [0, 0.05) is 52.6 Å². The lowest BCUT2D eigenvalue weighted by Gasteiger charge is -2.34. The molecule has 28 heavy (non-hydrogen) atoms. The van der Waals surface area contributed by atoms with Crippen molar-refractivity contribution >= 4 is 17.8 Å². The van der Waals surface area contributed by atoms with Gasteiger partial charge < -0.3 is 15.0 Å². The summed E-state index contributed by atoms with van der Waals surface area (Å²) in [5.74, 6) is 0.805. The normalized spacial score (nSPS) is 15.1. The summed E-state index contributed by atoms with van der Waals surface area (Å²) in [6, 6.07) is 14.1. The second-order valence-electron chi connectivity index (χ2n) is 6.75. The highest BCUT2D eigenvalue weighted by Gasteiger charge is 2.17. The molecule has 0 spiro atoms. The fourth-order valence-corrected chi connectivity index (χ4v) is 3.14. The zero-order valence-electron chi connectivity index (χ0n) is 16.4. The van der Waals surface area contributed by atoms with E-state index < -0.39 is 0 Å². The lowest BCUT2D eigenvalue weighted by molar-refractivity contribution is 0.0937. The van der Waals surface area contributed by atoms with E-state index >= 15 is 0 Å². The molecular formula is C22H28N4O2. The lowest BCUT2D eigenvalue weighted by atomic mass is 10.2. The summed E-state index contributed by atoms with van der Waals surface area (Å²) in [6.07, 6.45) is 6.04. The van der Waals surface area contributed by atoms with Crippen LogP contribution in [0.2, 0.25) is 0 Å². The summed E-state index contributed by atoms with van der Waals surface area (Å²) in [4.78, 5) is 21.2. The number of amides is 1. The zero-order chi connectivity index (χ0) is 19.6. The Labute approximate surface area is 166 Å². The van der Waals surface area contributed by atoms with E-state index in [1.807, 2.05) is 18.2 Å². The van der Waals surface area contributed by atoms with Crippen molar-refractivity contribution in [2.75, 3.05) is 57.9 Å². The summed E-state index contributed by atoms with van der Waals surface area (Å²) in [6.45, 7) is 5.83. The number of anilines is 1. The highest BCUT2D eigenvalue weighted by atomic mass is 16.5. The van der Waals surface area contributed by atoms with Crippen LogP contribution in [0.15, 0.2) is 54.7 Å². The molecule has 2 aromatic rings. The Morgan fingerprint density at radius 3 is 2.61 bits per heavy atom. The standard InChI is InChI=1S/C22H28N4O2/c1-28-17-11-23-22(27)20-9-10-21(24-18-20)26-15-13-25(14-16-26)12-5-8-19-6-3-2-4-7-19/h2-10,18H,11-17H2,1H3,(H,23,27)/b8-5+. The highest BCUT2D eigenvalue weighted by molar-refractivity contribution is 5.94. The van der Waals surface area contributed by atoms with E-state index in [0.717, 1.165) is 38.5 Å². The molecule has 1 N–H and O–H groups in total. The molecule has 0 atom stereocenters. The van der Waals surface area contributed by atoms with Crippen molar-refractivity contribution in [1.82, 2.24) is 15.2 Å². The zero-order valence-corrected chi connectivity index (χ0v) is 16.4. The van der Waals surface area contributed by atoms with Crippen LogP contribution in [-0.2, 0) is 4.74 Å². The van der Waals surface area contributed by atoms with Crippen LogP contribution in [0.3, 0.4) is 0 Å². The fourth-order valence-electron chi connectivity index (χ4n) is 3.14. The highest BCUT2D eigenvalue weighted by Crippen LogP contribution is 2.14. The number of pyridine rings is 1. The third kappa shape index (κ3) is 5.90. The number of piperazine rings is 1. The number of carbonyl (C=O) groups excluding carboxylic acids is 1. The molecule has 1 aliphatic heterocycles. The monoisotopic (exact) mass is 380 g/mol. The minimum atomic E-state index is -0.119. The second kappa shape index (κ2) is 10.6. The molecule has 0 bridgehead atoms. The summed E-state index contributed by atoms with van der Waals surface area (Å²) >= 11 is 0. The second-order valence-corrected chi connectivity index (χ2v) is 6.75. The minimum Gasteiger partial charge on any atom is -0.383 e. The number of nitrogens with zero attached hydrogens (tertiary/aromatic N) is 3. The predicted molar refractivity (Wildman–Crippen MR) is 113 cm³/mol. The van der Waals surface area contributed by atoms with Crippen molar-refractivity contribution in [3.8, 4) is 0 Å². The molecule has 1 saturated heterocycles. The van der Waals surface area contributed by atoms with Gasteiger partial charge in [0.15, 0.2) is 0 Å². The maximum Gasteiger partial charge on any atom is 0.252 e. The van der Waals surface area contributed by atoms with Gasteiger partial charge in [-0.05, 0) is 17.7 Å². The topological polar surface area (TPSA) is 57.7 Å². The summed E-state index contributed by atoms with van der Waals surface area (Å²) in [5, 5.41) is 2.81. The number of methoxy groups -OCH3 is 1. The third-order valence-corrected chi connectivity index (χ3v) is 4.77. The first kappa shape index (κ1) is 20.0. The number of ether oxygens (including phenoxy) is 1. The van der Waals surface area contributed by atoms with Crippen LogP contribution in [0.4, 0.5) is 5.82 Å². The van der Waals surface area contributed by atoms with Gasteiger partial charge in [0.2, 0.25) is 0 Å². The number of nitrogens with one attached hydrogen (secondary N) is 1. The van der Waals surface area contributed by atoms with Crippen molar-refractivity contribution in [1.29, 1.82) is 0 Å². The van der Waals surface area contributed by atoms with Gasteiger partial charge in [-0.25, -0.2) is 4.98 Å². The maximum atomic E-state index is 12.0. The van der Waals surface area contributed by atoms with Gasteiger partial charge in [0.1, 0.15) is 5.82 Å². The van der Waals surface area contributed by atoms with Gasteiger partial charge in [-0.3, -0.25) is 9.69 Å². The maximum absolute atomic E-state index is 12.0. The molecule has 1 aromatic carbocycles. The van der Waals surface area contributed by atoms with E-state index in [-0.39, 0.29) is 5.91 Å². The molecule has 0 radical (unpaired) electrons. The lowest BCUT2D eigenvalue weighted by Crippen LogP contribution is -2.46. The molecule has 3 rings (SSSR count). The molecule has 6 heteroatoms. The first-order valence-electron chi connectivity index (χ1n) is 9.68. The Bertz CT molecular complexity index is 754. The Balaban J connectivity index is 1.44. The average molecular weight is 380 g/mol. The summed E-state index contributed by atoms with van der Waals surface area (Å²) in [7, 11) is 1.61. The predicted octanol–water partition coefficient (Wildman–Crippen LogP) is 2.29. The summed E-state index contributed by atoms with van der Waals surface area (Å²) in [5.41, 5.74) is 1.81. The molecule has 1 aliphatic rings. The Kier molecular flexibility index (Phi) is 7.58. The van der Waals surface area contributed by atoms with E-state index in [2.05, 4.69) is 56.5 Å². The summed E-state index contributed by atoms with van der Waals surface area (Å²) < 4.78 is 4.94. The van der Waals surface area contributed by atoms with Gasteiger partial charge in [-0.2, -0.15) is 0 Å². The Morgan fingerprint density at radius 2 is 1.93 bits per heavy atom. The largest absolute Gasteiger partial charge is 0.383 e. The molecule has 1 amide bonds. The smallest absolute Gasteiger partial charge is 0.252 e. The average Bonchev–Trinajstić information content (AvgIpc) is 2.75. The van der Waals surface area contributed by atoms with Crippen molar-refractivity contribution in [3.05, 3.63) is 65.9 Å². The van der Waals surface area contributed by atoms with Crippen LogP contribution in [-0.4, -0.2) is 68.8 Å². The van der Waals surface area contributed by atoms with Crippen molar-refractivity contribution in [3.63, 3.8) is 0 Å². The Hall–Kier alpha value is -2.70. The van der Waals surface area contributed by atoms with E-state index in [0.29, 0.717) is 18.7 Å². The molecule has 148 valence electrons. The molecular weight excluding hydrogens is 352 g/mol. The molecule has 6 nitrogen and oxygen atoms in total. The van der Waals surface area contributed by atoms with E-state index in [9.17, 15) is 4.79 Å². The van der Waals surface area contributed by atoms with Crippen molar-refractivity contribution < 1.29 is 9.53 Å². The number of hydrogen-bond acceptors (Lipinski definition) is 5. The van der Waals surface area contributed by atoms with Gasteiger partial charge in [0.25, 0.3) is 5.91 Å². The molecule has 2 heterocycles. The van der Waals surface area contributed by atoms with Gasteiger partial charge in [-0.15, -0.1) is 0 Å². The van der Waals surface area contributed by atoms with Gasteiger partial charge in [-0.1, -0.05) is 42.5 Å². The molecule has 1 aromatic heterocycles. The molecule has 1 fully saturated rings. The number of rotatable bonds is 8. The van der Waals surface area contributed by atoms with Crippen LogP contribution in [0.5, 0.6) is 0 Å². The fraction of sp³-hybridized carbons (Fsp3) is 0.364. The van der Waals surface area contributed by atoms with Crippen LogP contribution in [0.25, 0.3) is 6.08 Å². The first-order chi connectivity index (χ1) is 13.8. The SMILES string of the molecule is COCCNC(=O)c1ccc(N2CCN(C/C=C/c3ccccc3)CC2)nc1. The molecule has 0 saturated carbocycles. The first-order valence-corrected chi connectivity index (χ1v) is 9.68. The van der Waals surface area contributed by atoms with Crippen molar-refractivity contribution in [2.24, 2.45) is 0 Å². The van der Waals surface area contributed by atoms with E-state index in [4.69, 9.17) is 4.74 Å². The van der Waals surface area contributed by atoms with Crippen LogP contribution < -0.4 is 10.2 Å². The third-order valence-electron chi connectivity index (χ3n) is 4.77. The number of aromatic nitrogens is 1. The van der Waals surface area contributed by atoms with E-state index in [1.165, 1.54) is 5.56 Å². The van der Waals surface area contributed by atoms with Gasteiger partial charge >= 0.3 is 0 Å². The quantitative estimate of drug-likeness (QED) is 0.712. The van der Waals surface area contributed by atoms with E-state index in [1.54, 1.807) is 13.3 Å². The molecule has 0 unspecified atom stereocenters. The number of benzene rings is 1. The number of carbonyl (C=O) groups is 1. The van der Waals surface area contributed by atoms with Crippen LogP contribution >= 0.6 is 0 Å². The van der Waals surface area contributed by atoms with Gasteiger partial charge in [0.05, 0.1) is 12.2 Å².